The fourth-order valence-corrected chi connectivity index (χ4v) is 4.89. The summed E-state index contributed by atoms with van der Waals surface area (Å²) >= 11 is 7.97. The highest BCUT2D eigenvalue weighted by Gasteiger charge is 2.28. The number of halogens is 1. The highest BCUT2D eigenvalue weighted by molar-refractivity contribution is 7.99. The van der Waals surface area contributed by atoms with Crippen molar-refractivity contribution < 1.29 is 24.5 Å². The Balaban J connectivity index is 0.000000371. The van der Waals surface area contributed by atoms with E-state index in [4.69, 9.17) is 26.6 Å². The zero-order chi connectivity index (χ0) is 25.0. The summed E-state index contributed by atoms with van der Waals surface area (Å²) in [6, 6.07) is 22.5. The largest absolute Gasteiger partial charge is 0.478 e. The van der Waals surface area contributed by atoms with Crippen LogP contribution in [0, 0.1) is 0 Å². The second-order valence-corrected chi connectivity index (χ2v) is 9.01. The Labute approximate surface area is 212 Å². The molecular weight excluding hydrogens is 488 g/mol. The van der Waals surface area contributed by atoms with Crippen LogP contribution >= 0.6 is 23.4 Å². The first-order valence-corrected chi connectivity index (χ1v) is 12.1. The monoisotopic (exact) mass is 512 g/mol. The van der Waals surface area contributed by atoms with Gasteiger partial charge in [-0.25, -0.2) is 14.6 Å². The third kappa shape index (κ3) is 8.52. The van der Waals surface area contributed by atoms with Crippen molar-refractivity contribution in [1.82, 2.24) is 10.3 Å². The Morgan fingerprint density at radius 1 is 1.06 bits per heavy atom. The summed E-state index contributed by atoms with van der Waals surface area (Å²) in [5.74, 6) is -2.51. The fourth-order valence-electron chi connectivity index (χ4n) is 3.40. The Kier molecular flexibility index (Phi) is 10.3. The second kappa shape index (κ2) is 13.7. The molecule has 0 unspecified atom stereocenters. The van der Waals surface area contributed by atoms with Gasteiger partial charge in [0.2, 0.25) is 0 Å². The maximum absolute atomic E-state index is 9.55. The average Bonchev–Trinajstić information content (AvgIpc) is 2.88. The summed E-state index contributed by atoms with van der Waals surface area (Å²) in [4.78, 5) is 23.8. The van der Waals surface area contributed by atoms with Crippen LogP contribution in [0.3, 0.4) is 0 Å². The van der Waals surface area contributed by atoms with E-state index in [2.05, 4.69) is 46.7 Å². The number of thioether (sulfide) groups is 1. The zero-order valence-electron chi connectivity index (χ0n) is 18.7. The molecule has 1 saturated heterocycles. The molecule has 1 aliphatic heterocycles. The molecule has 2 aromatic carbocycles. The van der Waals surface area contributed by atoms with E-state index < -0.39 is 11.9 Å². The SMILES string of the molecule is Clc1cccc(-c2cccnc2S[C@@H](c2ccccc2)[C@@H]2CNCCO2)c1.O=C(O)C=CC(=O)O. The number of hydrogen-bond acceptors (Lipinski definition) is 6. The van der Waals surface area contributed by atoms with E-state index in [0.717, 1.165) is 40.9 Å². The number of carbonyl (C=O) groups is 2. The van der Waals surface area contributed by atoms with Gasteiger partial charge in [0.25, 0.3) is 0 Å². The molecule has 35 heavy (non-hydrogen) atoms. The molecule has 1 aliphatic rings. The molecule has 0 saturated carbocycles. The van der Waals surface area contributed by atoms with Crippen LogP contribution < -0.4 is 5.32 Å². The summed E-state index contributed by atoms with van der Waals surface area (Å²) in [6.45, 7) is 2.48. The van der Waals surface area contributed by atoms with Crippen LogP contribution in [0.2, 0.25) is 5.02 Å². The van der Waals surface area contributed by atoms with E-state index in [-0.39, 0.29) is 11.4 Å². The molecule has 1 fully saturated rings. The molecule has 2 atom stereocenters. The van der Waals surface area contributed by atoms with Crippen LogP contribution in [0.4, 0.5) is 0 Å². The number of hydrogen-bond donors (Lipinski definition) is 3. The van der Waals surface area contributed by atoms with Crippen LogP contribution in [0.1, 0.15) is 10.8 Å². The first-order chi connectivity index (χ1) is 16.9. The molecule has 182 valence electrons. The number of carboxylic acids is 2. The van der Waals surface area contributed by atoms with Gasteiger partial charge in [-0.05, 0) is 29.3 Å². The van der Waals surface area contributed by atoms with Gasteiger partial charge in [0.05, 0.1) is 18.0 Å². The lowest BCUT2D eigenvalue weighted by Gasteiger charge is -2.31. The quantitative estimate of drug-likeness (QED) is 0.302. The average molecular weight is 513 g/mol. The van der Waals surface area contributed by atoms with Crippen LogP contribution in [0.25, 0.3) is 11.1 Å². The molecule has 0 aliphatic carbocycles. The van der Waals surface area contributed by atoms with Crippen molar-refractivity contribution in [1.29, 1.82) is 0 Å². The number of ether oxygens (including phenoxy) is 1. The Bertz CT molecular complexity index is 1140. The molecule has 0 radical (unpaired) electrons. The maximum Gasteiger partial charge on any atom is 0.328 e. The highest BCUT2D eigenvalue weighted by Crippen LogP contribution is 2.42. The van der Waals surface area contributed by atoms with E-state index in [1.54, 1.807) is 11.8 Å². The van der Waals surface area contributed by atoms with Crippen molar-refractivity contribution in [3.05, 3.63) is 95.7 Å². The minimum absolute atomic E-state index is 0.0976. The van der Waals surface area contributed by atoms with Crippen molar-refractivity contribution >= 4 is 35.3 Å². The van der Waals surface area contributed by atoms with Gasteiger partial charge in [-0.1, -0.05) is 71.9 Å². The summed E-state index contributed by atoms with van der Waals surface area (Å²) in [6.07, 6.45) is 3.06. The zero-order valence-corrected chi connectivity index (χ0v) is 20.3. The smallest absolute Gasteiger partial charge is 0.328 e. The van der Waals surface area contributed by atoms with E-state index in [0.29, 0.717) is 12.2 Å². The first-order valence-electron chi connectivity index (χ1n) is 10.8. The number of aliphatic carboxylic acids is 2. The van der Waals surface area contributed by atoms with Gasteiger partial charge in [0, 0.05) is 42.0 Å². The van der Waals surface area contributed by atoms with Crippen molar-refractivity contribution in [2.45, 2.75) is 16.4 Å². The van der Waals surface area contributed by atoms with Gasteiger partial charge < -0.3 is 20.3 Å². The Morgan fingerprint density at radius 2 is 1.80 bits per heavy atom. The topological polar surface area (TPSA) is 109 Å². The van der Waals surface area contributed by atoms with Gasteiger partial charge in [-0.2, -0.15) is 0 Å². The van der Waals surface area contributed by atoms with E-state index >= 15 is 0 Å². The normalized spacial score (nSPS) is 16.2. The number of nitrogens with one attached hydrogen (secondary N) is 1. The molecule has 7 nitrogen and oxygen atoms in total. The minimum atomic E-state index is -1.26. The lowest BCUT2D eigenvalue weighted by Crippen LogP contribution is -2.41. The van der Waals surface area contributed by atoms with Gasteiger partial charge in [-0.3, -0.25) is 0 Å². The van der Waals surface area contributed by atoms with Gasteiger partial charge in [0.15, 0.2) is 0 Å². The lowest BCUT2D eigenvalue weighted by molar-refractivity contribution is -0.134. The van der Waals surface area contributed by atoms with Crippen molar-refractivity contribution in [2.75, 3.05) is 19.7 Å². The number of carboxylic acid groups (broad SMARTS) is 2. The number of nitrogens with zero attached hydrogens (tertiary/aromatic N) is 1. The highest BCUT2D eigenvalue weighted by atomic mass is 35.5. The molecule has 3 N–H and O–H groups in total. The van der Waals surface area contributed by atoms with Gasteiger partial charge in [-0.15, -0.1) is 0 Å². The van der Waals surface area contributed by atoms with Crippen molar-refractivity contribution in [2.24, 2.45) is 0 Å². The van der Waals surface area contributed by atoms with Crippen LogP contribution in [-0.4, -0.2) is 52.9 Å². The number of aromatic nitrogens is 1. The van der Waals surface area contributed by atoms with Crippen LogP contribution in [0.5, 0.6) is 0 Å². The fraction of sp³-hybridized carbons (Fsp3) is 0.192. The molecule has 0 spiro atoms. The molecule has 2 heterocycles. The molecule has 3 aromatic rings. The first kappa shape index (κ1) is 26.4. The minimum Gasteiger partial charge on any atom is -0.478 e. The third-order valence-corrected chi connectivity index (χ3v) is 6.55. The predicted octanol–water partition coefficient (Wildman–Crippen LogP) is 4.94. The van der Waals surface area contributed by atoms with Crippen LogP contribution in [0.15, 0.2) is 90.1 Å². The molecule has 9 heteroatoms. The van der Waals surface area contributed by atoms with E-state index in [1.807, 2.05) is 36.5 Å². The third-order valence-electron chi connectivity index (χ3n) is 4.94. The molecule has 4 rings (SSSR count). The summed E-state index contributed by atoms with van der Waals surface area (Å²) in [5, 5.41) is 20.9. The van der Waals surface area contributed by atoms with Crippen molar-refractivity contribution in [3.8, 4) is 11.1 Å². The number of rotatable bonds is 7. The molecule has 0 bridgehead atoms. The summed E-state index contributed by atoms with van der Waals surface area (Å²) < 4.78 is 6.10. The van der Waals surface area contributed by atoms with E-state index in [9.17, 15) is 9.59 Å². The molecule has 0 amide bonds. The lowest BCUT2D eigenvalue weighted by atomic mass is 10.1. The number of benzene rings is 2. The maximum atomic E-state index is 9.55. The molecule has 1 aromatic heterocycles. The number of morpholine rings is 1. The Morgan fingerprint density at radius 3 is 2.43 bits per heavy atom. The number of pyridine rings is 1. The predicted molar refractivity (Wildman–Crippen MR) is 137 cm³/mol. The van der Waals surface area contributed by atoms with Gasteiger partial charge >= 0.3 is 11.9 Å². The van der Waals surface area contributed by atoms with Crippen LogP contribution in [-0.2, 0) is 14.3 Å². The standard InChI is InChI=1S/C22H21ClN2OS.C4H4O4/c23-18-9-4-8-17(14-18)19-10-5-11-25-22(19)27-21(16-6-2-1-3-7-16)20-15-24-12-13-26-20;5-3(6)1-2-4(7)8/h1-11,14,20-21,24H,12-13,15H2;1-2H,(H,5,6)(H,7,8)/t20-,21-;/m0./s1. The summed E-state index contributed by atoms with van der Waals surface area (Å²) in [7, 11) is 0. The Hall–Kier alpha value is -3.17. The second-order valence-electron chi connectivity index (χ2n) is 7.44. The van der Waals surface area contributed by atoms with Crippen molar-refractivity contribution in [3.63, 3.8) is 0 Å². The van der Waals surface area contributed by atoms with Gasteiger partial charge in [0.1, 0.15) is 5.03 Å². The summed E-state index contributed by atoms with van der Waals surface area (Å²) in [5.41, 5.74) is 3.42. The van der Waals surface area contributed by atoms with E-state index in [1.165, 1.54) is 5.56 Å². The molecular formula is C26H25ClN2O5S.